The van der Waals surface area contributed by atoms with Crippen molar-refractivity contribution in [2.24, 2.45) is 0 Å². The van der Waals surface area contributed by atoms with Gasteiger partial charge in [-0.2, -0.15) is 0 Å². The van der Waals surface area contributed by atoms with Crippen molar-refractivity contribution in [2.75, 3.05) is 14.2 Å². The van der Waals surface area contributed by atoms with Crippen molar-refractivity contribution in [1.82, 2.24) is 5.06 Å². The van der Waals surface area contributed by atoms with Crippen molar-refractivity contribution in [3.05, 3.63) is 34.9 Å². The lowest BCUT2D eigenvalue weighted by Crippen LogP contribution is -2.25. The molecule has 3 nitrogen and oxygen atoms in total. The molecule has 82 valence electrons. The van der Waals surface area contributed by atoms with Gasteiger partial charge in [0.25, 0.3) is 0 Å². The van der Waals surface area contributed by atoms with Gasteiger partial charge in [0.05, 0.1) is 7.11 Å². The van der Waals surface area contributed by atoms with Gasteiger partial charge in [-0.3, -0.25) is 9.63 Å². The zero-order valence-electron chi connectivity index (χ0n) is 8.87. The Kier molecular flexibility index (Phi) is 4.59. The van der Waals surface area contributed by atoms with Crippen LogP contribution in [0.3, 0.4) is 0 Å². The summed E-state index contributed by atoms with van der Waals surface area (Å²) in [6, 6.07) is 7.50. The van der Waals surface area contributed by atoms with E-state index in [4.69, 9.17) is 16.4 Å². The Morgan fingerprint density at radius 1 is 1.53 bits per heavy atom. The van der Waals surface area contributed by atoms with Crippen LogP contribution in [0.25, 0.3) is 0 Å². The number of hydrogen-bond acceptors (Lipinski definition) is 2. The van der Waals surface area contributed by atoms with E-state index in [-0.39, 0.29) is 5.91 Å². The maximum Gasteiger partial charge on any atom is 0.246 e. The normalized spacial score (nSPS) is 10.1. The smallest absolute Gasteiger partial charge is 0.246 e. The topological polar surface area (TPSA) is 29.5 Å². The van der Waals surface area contributed by atoms with E-state index < -0.39 is 0 Å². The van der Waals surface area contributed by atoms with Crippen LogP contribution in [0.2, 0.25) is 5.02 Å². The molecule has 0 spiro atoms. The van der Waals surface area contributed by atoms with Crippen LogP contribution in [0, 0.1) is 0 Å². The molecule has 1 aromatic rings. The van der Waals surface area contributed by atoms with Crippen LogP contribution in [-0.2, 0) is 16.1 Å². The highest BCUT2D eigenvalue weighted by molar-refractivity contribution is 6.30. The lowest BCUT2D eigenvalue weighted by atomic mass is 10.1. The maximum absolute atomic E-state index is 11.4. The highest BCUT2D eigenvalue weighted by Gasteiger charge is 2.07. The lowest BCUT2D eigenvalue weighted by Gasteiger charge is -2.13. The van der Waals surface area contributed by atoms with Gasteiger partial charge in [0.1, 0.15) is 0 Å². The highest BCUT2D eigenvalue weighted by atomic mass is 35.5. The molecule has 0 aliphatic heterocycles. The molecule has 0 aliphatic carbocycles. The van der Waals surface area contributed by atoms with Crippen LogP contribution < -0.4 is 0 Å². The second-order valence-electron chi connectivity index (χ2n) is 3.20. The number of nitrogens with zero attached hydrogens (tertiary/aromatic N) is 1. The number of hydrogen-bond donors (Lipinski definition) is 0. The van der Waals surface area contributed by atoms with E-state index in [2.05, 4.69) is 0 Å². The first-order valence-electron chi connectivity index (χ1n) is 4.68. The van der Waals surface area contributed by atoms with Crippen LogP contribution in [0.1, 0.15) is 12.0 Å². The van der Waals surface area contributed by atoms with Crippen LogP contribution in [0.15, 0.2) is 24.3 Å². The molecule has 0 N–H and O–H groups in total. The minimum absolute atomic E-state index is 0.0440. The van der Waals surface area contributed by atoms with Crippen molar-refractivity contribution in [1.29, 1.82) is 0 Å². The molecule has 0 saturated carbocycles. The molecule has 0 saturated heterocycles. The number of hydroxylamine groups is 2. The van der Waals surface area contributed by atoms with E-state index in [9.17, 15) is 4.79 Å². The van der Waals surface area contributed by atoms with Gasteiger partial charge in [0.2, 0.25) is 5.91 Å². The number of rotatable bonds is 4. The number of aryl methyl sites for hydroxylation is 1. The van der Waals surface area contributed by atoms with Crippen LogP contribution in [0.5, 0.6) is 0 Å². The minimum atomic E-state index is -0.0440. The molecule has 0 fully saturated rings. The predicted octanol–water partition coefficient (Wildman–Crippen LogP) is 2.29. The average molecular weight is 228 g/mol. The van der Waals surface area contributed by atoms with Gasteiger partial charge in [-0.25, -0.2) is 5.06 Å². The largest absolute Gasteiger partial charge is 0.275 e. The molecule has 4 heteroatoms. The molecule has 0 heterocycles. The van der Waals surface area contributed by atoms with Crippen LogP contribution in [-0.4, -0.2) is 25.1 Å². The van der Waals surface area contributed by atoms with E-state index in [1.807, 2.05) is 24.3 Å². The van der Waals surface area contributed by atoms with Gasteiger partial charge in [0.15, 0.2) is 0 Å². The first-order chi connectivity index (χ1) is 7.13. The van der Waals surface area contributed by atoms with Gasteiger partial charge in [-0.05, 0) is 24.1 Å². The summed E-state index contributed by atoms with van der Waals surface area (Å²) in [6.07, 6.45) is 1.10. The second-order valence-corrected chi connectivity index (χ2v) is 3.64. The quantitative estimate of drug-likeness (QED) is 0.739. The van der Waals surface area contributed by atoms with E-state index in [0.29, 0.717) is 17.9 Å². The van der Waals surface area contributed by atoms with Gasteiger partial charge in [-0.15, -0.1) is 0 Å². The molecule has 0 radical (unpaired) electrons. The molecule has 1 amide bonds. The van der Waals surface area contributed by atoms with Crippen LogP contribution in [0.4, 0.5) is 0 Å². The number of halogens is 1. The van der Waals surface area contributed by atoms with Gasteiger partial charge >= 0.3 is 0 Å². The van der Waals surface area contributed by atoms with Crippen molar-refractivity contribution in [2.45, 2.75) is 12.8 Å². The summed E-state index contributed by atoms with van der Waals surface area (Å²) in [7, 11) is 3.07. The molecule has 1 rings (SSSR count). The third-order valence-electron chi connectivity index (χ3n) is 2.14. The van der Waals surface area contributed by atoms with E-state index in [0.717, 1.165) is 5.56 Å². The zero-order valence-corrected chi connectivity index (χ0v) is 9.62. The first-order valence-corrected chi connectivity index (χ1v) is 5.06. The summed E-state index contributed by atoms with van der Waals surface area (Å²) in [4.78, 5) is 16.2. The van der Waals surface area contributed by atoms with E-state index >= 15 is 0 Å². The maximum atomic E-state index is 11.4. The highest BCUT2D eigenvalue weighted by Crippen LogP contribution is 2.12. The van der Waals surface area contributed by atoms with Gasteiger partial charge < -0.3 is 0 Å². The Morgan fingerprint density at radius 2 is 2.27 bits per heavy atom. The summed E-state index contributed by atoms with van der Waals surface area (Å²) < 4.78 is 0. The summed E-state index contributed by atoms with van der Waals surface area (Å²) >= 11 is 5.83. The number of benzene rings is 1. The Morgan fingerprint density at radius 3 is 2.87 bits per heavy atom. The molecule has 1 aromatic carbocycles. The number of carbonyl (C=O) groups is 1. The minimum Gasteiger partial charge on any atom is -0.275 e. The molecular formula is C11H14ClNO2. The SMILES string of the molecule is CON(C)C(=O)CCc1cccc(Cl)c1. The fraction of sp³-hybridized carbons (Fsp3) is 0.364. The Labute approximate surface area is 94.5 Å². The fourth-order valence-corrected chi connectivity index (χ4v) is 1.42. The second kappa shape index (κ2) is 5.73. The third-order valence-corrected chi connectivity index (χ3v) is 2.38. The van der Waals surface area contributed by atoms with Gasteiger partial charge in [-0.1, -0.05) is 23.7 Å². The zero-order chi connectivity index (χ0) is 11.3. The molecule has 15 heavy (non-hydrogen) atoms. The first kappa shape index (κ1) is 12.0. The molecule has 0 unspecified atom stereocenters. The van der Waals surface area contributed by atoms with Crippen molar-refractivity contribution >= 4 is 17.5 Å². The monoisotopic (exact) mass is 227 g/mol. The molecule has 0 bridgehead atoms. The fourth-order valence-electron chi connectivity index (χ4n) is 1.20. The summed E-state index contributed by atoms with van der Waals surface area (Å²) in [5.41, 5.74) is 1.06. The standard InChI is InChI=1S/C11H14ClNO2/c1-13(15-2)11(14)7-6-9-4-3-5-10(12)8-9/h3-5,8H,6-7H2,1-2H3. The van der Waals surface area contributed by atoms with E-state index in [1.165, 1.54) is 12.2 Å². The van der Waals surface area contributed by atoms with Crippen LogP contribution >= 0.6 is 11.6 Å². The summed E-state index contributed by atoms with van der Waals surface area (Å²) in [6.45, 7) is 0. The average Bonchev–Trinajstić information content (AvgIpc) is 2.25. The molecular weight excluding hydrogens is 214 g/mol. The summed E-state index contributed by atoms with van der Waals surface area (Å²) in [5.74, 6) is -0.0440. The van der Waals surface area contributed by atoms with Crippen molar-refractivity contribution in [3.63, 3.8) is 0 Å². The third kappa shape index (κ3) is 3.90. The Hall–Kier alpha value is -1.06. The predicted molar refractivity (Wildman–Crippen MR) is 59.6 cm³/mol. The number of carbonyl (C=O) groups excluding carboxylic acids is 1. The molecule has 0 aromatic heterocycles. The summed E-state index contributed by atoms with van der Waals surface area (Å²) in [5, 5.41) is 1.92. The molecule has 0 aliphatic rings. The Bertz CT molecular complexity index is 341. The Balaban J connectivity index is 2.47. The number of amides is 1. The van der Waals surface area contributed by atoms with Gasteiger partial charge in [0, 0.05) is 18.5 Å². The van der Waals surface area contributed by atoms with E-state index in [1.54, 1.807) is 7.05 Å². The van der Waals surface area contributed by atoms with Crippen molar-refractivity contribution in [3.8, 4) is 0 Å². The van der Waals surface area contributed by atoms with Crippen molar-refractivity contribution < 1.29 is 9.63 Å². The molecule has 0 atom stereocenters. The lowest BCUT2D eigenvalue weighted by molar-refractivity contribution is -0.168.